The summed E-state index contributed by atoms with van der Waals surface area (Å²) in [7, 11) is 1.96. The predicted molar refractivity (Wildman–Crippen MR) is 56.8 cm³/mol. The number of anilines is 1. The fraction of sp³-hybridized carbons (Fsp3) is 0.545. The number of furan rings is 1. The third kappa shape index (κ3) is 2.62. The molecule has 0 fully saturated rings. The van der Waals surface area contributed by atoms with Gasteiger partial charge in [0.15, 0.2) is 17.4 Å². The summed E-state index contributed by atoms with van der Waals surface area (Å²) in [5.41, 5.74) is 0. The first-order chi connectivity index (χ1) is 6.50. The lowest BCUT2D eigenvalue weighted by atomic mass is 10.2. The molecule has 0 aliphatic carbocycles. The monoisotopic (exact) mass is 195 g/mol. The van der Waals surface area contributed by atoms with Crippen molar-refractivity contribution >= 4 is 11.7 Å². The molecule has 1 heterocycles. The molecule has 1 aromatic rings. The lowest BCUT2D eigenvalue weighted by Crippen LogP contribution is -2.21. The highest BCUT2D eigenvalue weighted by molar-refractivity contribution is 5.91. The van der Waals surface area contributed by atoms with Crippen LogP contribution in [0.1, 0.15) is 31.3 Å². The first-order valence-electron chi connectivity index (χ1n) is 4.82. The van der Waals surface area contributed by atoms with Gasteiger partial charge >= 0.3 is 0 Å². The van der Waals surface area contributed by atoms with E-state index in [-0.39, 0.29) is 5.78 Å². The van der Waals surface area contributed by atoms with E-state index in [1.807, 2.05) is 18.0 Å². The normalized spacial score (nSPS) is 10.6. The van der Waals surface area contributed by atoms with Gasteiger partial charge in [-0.1, -0.05) is 13.8 Å². The molecular formula is C11H17NO2. The Morgan fingerprint density at radius 2 is 2.14 bits per heavy atom. The van der Waals surface area contributed by atoms with E-state index in [9.17, 15) is 4.79 Å². The van der Waals surface area contributed by atoms with Crippen LogP contribution in [0.25, 0.3) is 0 Å². The Morgan fingerprint density at radius 1 is 1.50 bits per heavy atom. The summed E-state index contributed by atoms with van der Waals surface area (Å²) in [6.45, 7) is 6.71. The Hall–Kier alpha value is -1.25. The molecule has 0 aliphatic heterocycles. The van der Waals surface area contributed by atoms with Gasteiger partial charge in [-0.25, -0.2) is 0 Å². The molecule has 0 N–H and O–H groups in total. The van der Waals surface area contributed by atoms with Crippen LogP contribution in [0.15, 0.2) is 16.5 Å². The predicted octanol–water partition coefficient (Wildman–Crippen LogP) is 2.57. The Labute approximate surface area is 84.7 Å². The van der Waals surface area contributed by atoms with Gasteiger partial charge in [0, 0.05) is 26.6 Å². The second kappa shape index (κ2) is 4.31. The molecule has 0 aromatic carbocycles. The summed E-state index contributed by atoms with van der Waals surface area (Å²) >= 11 is 0. The summed E-state index contributed by atoms with van der Waals surface area (Å²) in [5.74, 6) is 1.72. The van der Waals surface area contributed by atoms with Gasteiger partial charge in [-0.05, 0) is 12.0 Å². The van der Waals surface area contributed by atoms with Crippen LogP contribution in [-0.2, 0) is 0 Å². The summed E-state index contributed by atoms with van der Waals surface area (Å²) in [6.07, 6.45) is 0. The third-order valence-corrected chi connectivity index (χ3v) is 1.95. The zero-order valence-electron chi connectivity index (χ0n) is 9.20. The smallest absolute Gasteiger partial charge is 0.196 e. The molecule has 1 rings (SSSR count). The van der Waals surface area contributed by atoms with Crippen molar-refractivity contribution < 1.29 is 9.21 Å². The average molecular weight is 195 g/mol. The number of hydrogen-bond donors (Lipinski definition) is 0. The van der Waals surface area contributed by atoms with Crippen LogP contribution in [0.4, 0.5) is 5.88 Å². The highest BCUT2D eigenvalue weighted by Crippen LogP contribution is 2.18. The molecule has 1 aromatic heterocycles. The summed E-state index contributed by atoms with van der Waals surface area (Å²) in [4.78, 5) is 13.0. The van der Waals surface area contributed by atoms with Crippen molar-refractivity contribution in [3.8, 4) is 0 Å². The number of carbonyl (C=O) groups excluding carboxylic acids is 1. The number of ketones is 1. The van der Waals surface area contributed by atoms with Gasteiger partial charge < -0.3 is 9.32 Å². The van der Waals surface area contributed by atoms with E-state index in [2.05, 4.69) is 13.8 Å². The minimum absolute atomic E-state index is 0.0332. The maximum atomic E-state index is 11.0. The van der Waals surface area contributed by atoms with Crippen LogP contribution in [0, 0.1) is 5.92 Å². The molecule has 0 bridgehead atoms. The van der Waals surface area contributed by atoms with Crippen molar-refractivity contribution in [3.05, 3.63) is 17.9 Å². The quantitative estimate of drug-likeness (QED) is 0.692. The van der Waals surface area contributed by atoms with Gasteiger partial charge in [-0.2, -0.15) is 0 Å². The van der Waals surface area contributed by atoms with Crippen LogP contribution >= 0.6 is 0 Å². The fourth-order valence-corrected chi connectivity index (χ4v) is 1.36. The van der Waals surface area contributed by atoms with Crippen molar-refractivity contribution in [2.45, 2.75) is 20.8 Å². The standard InChI is InChI=1S/C11H17NO2/c1-8(2)7-12(4)11-6-5-10(14-11)9(3)13/h5-6,8H,7H2,1-4H3. The van der Waals surface area contributed by atoms with Crippen LogP contribution in [0.5, 0.6) is 0 Å². The molecule has 0 saturated heterocycles. The van der Waals surface area contributed by atoms with Crippen LogP contribution in [-0.4, -0.2) is 19.4 Å². The van der Waals surface area contributed by atoms with E-state index in [0.717, 1.165) is 12.4 Å². The maximum absolute atomic E-state index is 11.0. The second-order valence-electron chi connectivity index (χ2n) is 3.97. The van der Waals surface area contributed by atoms with E-state index < -0.39 is 0 Å². The maximum Gasteiger partial charge on any atom is 0.196 e. The third-order valence-electron chi connectivity index (χ3n) is 1.95. The van der Waals surface area contributed by atoms with Crippen molar-refractivity contribution in [1.29, 1.82) is 0 Å². The number of nitrogens with zero attached hydrogens (tertiary/aromatic N) is 1. The van der Waals surface area contributed by atoms with Gasteiger partial charge in [0.05, 0.1) is 0 Å². The van der Waals surface area contributed by atoms with Crippen LogP contribution < -0.4 is 4.90 Å². The average Bonchev–Trinajstić information content (AvgIpc) is 2.50. The van der Waals surface area contributed by atoms with Gasteiger partial charge in [0.1, 0.15) is 0 Å². The van der Waals surface area contributed by atoms with Crippen LogP contribution in [0.2, 0.25) is 0 Å². The van der Waals surface area contributed by atoms with Gasteiger partial charge in [-0.3, -0.25) is 4.79 Å². The van der Waals surface area contributed by atoms with E-state index >= 15 is 0 Å². The Morgan fingerprint density at radius 3 is 2.57 bits per heavy atom. The van der Waals surface area contributed by atoms with Crippen molar-refractivity contribution in [2.75, 3.05) is 18.5 Å². The Kier molecular flexibility index (Phi) is 3.33. The number of carbonyl (C=O) groups is 1. The molecule has 3 nitrogen and oxygen atoms in total. The molecule has 0 saturated carbocycles. The molecule has 3 heteroatoms. The fourth-order valence-electron chi connectivity index (χ4n) is 1.36. The van der Waals surface area contributed by atoms with Crippen molar-refractivity contribution in [1.82, 2.24) is 0 Å². The van der Waals surface area contributed by atoms with E-state index in [1.165, 1.54) is 6.92 Å². The zero-order valence-corrected chi connectivity index (χ0v) is 9.20. The minimum Gasteiger partial charge on any atom is -0.437 e. The Bertz CT molecular complexity index is 315. The number of rotatable bonds is 4. The molecule has 78 valence electrons. The molecule has 0 atom stereocenters. The molecule has 14 heavy (non-hydrogen) atoms. The van der Waals surface area contributed by atoms with Gasteiger partial charge in [-0.15, -0.1) is 0 Å². The molecular weight excluding hydrogens is 178 g/mol. The SMILES string of the molecule is CC(=O)c1ccc(N(C)CC(C)C)o1. The summed E-state index contributed by atoms with van der Waals surface area (Å²) in [5, 5.41) is 0. The van der Waals surface area contributed by atoms with Gasteiger partial charge in [0.25, 0.3) is 0 Å². The summed E-state index contributed by atoms with van der Waals surface area (Å²) < 4.78 is 5.38. The van der Waals surface area contributed by atoms with Crippen LogP contribution in [0.3, 0.4) is 0 Å². The lowest BCUT2D eigenvalue weighted by Gasteiger charge is -2.17. The van der Waals surface area contributed by atoms with Crippen molar-refractivity contribution in [3.63, 3.8) is 0 Å². The number of Topliss-reactive ketones (excluding diaryl/α,β-unsaturated/α-hetero) is 1. The first-order valence-corrected chi connectivity index (χ1v) is 4.82. The molecule has 0 aliphatic rings. The minimum atomic E-state index is -0.0332. The zero-order chi connectivity index (χ0) is 10.7. The molecule has 0 amide bonds. The highest BCUT2D eigenvalue weighted by atomic mass is 16.4. The van der Waals surface area contributed by atoms with E-state index in [4.69, 9.17) is 4.42 Å². The molecule has 0 unspecified atom stereocenters. The van der Waals surface area contributed by atoms with Crippen molar-refractivity contribution in [2.24, 2.45) is 5.92 Å². The molecule has 0 spiro atoms. The Balaban J connectivity index is 2.71. The lowest BCUT2D eigenvalue weighted by molar-refractivity contribution is 0.0988. The topological polar surface area (TPSA) is 33.5 Å². The van der Waals surface area contributed by atoms with Gasteiger partial charge in [0.2, 0.25) is 0 Å². The highest BCUT2D eigenvalue weighted by Gasteiger charge is 2.10. The van der Waals surface area contributed by atoms with E-state index in [0.29, 0.717) is 11.7 Å². The largest absolute Gasteiger partial charge is 0.437 e. The summed E-state index contributed by atoms with van der Waals surface area (Å²) in [6, 6.07) is 3.55. The second-order valence-corrected chi connectivity index (χ2v) is 3.97. The van der Waals surface area contributed by atoms with E-state index in [1.54, 1.807) is 6.07 Å². The molecule has 0 radical (unpaired) electrons. The number of hydrogen-bond acceptors (Lipinski definition) is 3. The first kappa shape index (κ1) is 10.8.